The average molecular weight is 438 g/mol. The van der Waals surface area contributed by atoms with Crippen molar-refractivity contribution in [3.8, 4) is 0 Å². The average Bonchev–Trinajstić information content (AvgIpc) is 3.06. The Morgan fingerprint density at radius 1 is 1.10 bits per heavy atom. The van der Waals surface area contributed by atoms with Crippen LogP contribution in [-0.2, 0) is 20.0 Å². The molecule has 1 aliphatic heterocycles. The lowest BCUT2D eigenvalue weighted by Gasteiger charge is -2.21. The number of hydrazone groups is 1. The SMILES string of the molecule is CS(=O)(=O)Nc1cccc(C2=NN(S(C)(=O)=O)[C@H](c3cccc([N+](=O)[O-])c3)C2)c1. The molecule has 3 rings (SSSR count). The zero-order valence-corrected chi connectivity index (χ0v) is 17.1. The molecule has 1 aliphatic rings. The fourth-order valence-electron chi connectivity index (χ4n) is 3.04. The normalized spacial score (nSPS) is 17.1. The van der Waals surface area contributed by atoms with Crippen LogP contribution in [0.25, 0.3) is 0 Å². The summed E-state index contributed by atoms with van der Waals surface area (Å²) in [6, 6.07) is 11.4. The van der Waals surface area contributed by atoms with Crippen LogP contribution in [0, 0.1) is 10.1 Å². The number of hydrogen-bond acceptors (Lipinski definition) is 7. The Hall–Kier alpha value is -2.99. The first-order chi connectivity index (χ1) is 13.4. The first-order valence-corrected chi connectivity index (χ1v) is 12.1. The highest BCUT2D eigenvalue weighted by molar-refractivity contribution is 7.92. The van der Waals surface area contributed by atoms with Gasteiger partial charge in [0.25, 0.3) is 5.69 Å². The van der Waals surface area contributed by atoms with Crippen molar-refractivity contribution in [3.63, 3.8) is 0 Å². The fraction of sp³-hybridized carbons (Fsp3) is 0.235. The summed E-state index contributed by atoms with van der Waals surface area (Å²) in [6.07, 6.45) is 2.21. The number of non-ortho nitro benzene ring substituents is 1. The van der Waals surface area contributed by atoms with Crippen LogP contribution in [0.3, 0.4) is 0 Å². The lowest BCUT2D eigenvalue weighted by Crippen LogP contribution is -2.25. The van der Waals surface area contributed by atoms with Gasteiger partial charge in [-0.1, -0.05) is 24.3 Å². The lowest BCUT2D eigenvalue weighted by molar-refractivity contribution is -0.384. The number of benzene rings is 2. The largest absolute Gasteiger partial charge is 0.284 e. The Balaban J connectivity index is 2.00. The number of hydrogen-bond donors (Lipinski definition) is 1. The van der Waals surface area contributed by atoms with Crippen LogP contribution < -0.4 is 4.72 Å². The Morgan fingerprint density at radius 2 is 1.79 bits per heavy atom. The van der Waals surface area contributed by atoms with E-state index < -0.39 is 31.0 Å². The molecular weight excluding hydrogens is 420 g/mol. The highest BCUT2D eigenvalue weighted by atomic mass is 32.2. The fourth-order valence-corrected chi connectivity index (χ4v) is 4.50. The van der Waals surface area contributed by atoms with Gasteiger partial charge < -0.3 is 0 Å². The monoisotopic (exact) mass is 438 g/mol. The van der Waals surface area contributed by atoms with Crippen molar-refractivity contribution < 1.29 is 21.8 Å². The topological polar surface area (TPSA) is 139 Å². The molecule has 0 aliphatic carbocycles. The second-order valence-electron chi connectivity index (χ2n) is 6.61. The molecule has 0 saturated carbocycles. The van der Waals surface area contributed by atoms with Crippen molar-refractivity contribution >= 4 is 37.1 Å². The van der Waals surface area contributed by atoms with Gasteiger partial charge in [0.15, 0.2) is 0 Å². The molecule has 0 fully saturated rings. The molecule has 29 heavy (non-hydrogen) atoms. The Labute approximate surface area is 168 Å². The van der Waals surface area contributed by atoms with Gasteiger partial charge in [0.1, 0.15) is 0 Å². The molecule has 1 atom stereocenters. The molecule has 0 unspecified atom stereocenters. The number of rotatable bonds is 6. The minimum atomic E-state index is -3.75. The van der Waals surface area contributed by atoms with E-state index in [9.17, 15) is 26.9 Å². The summed E-state index contributed by atoms with van der Waals surface area (Å²) in [6.45, 7) is 0. The molecule has 0 bridgehead atoms. The predicted molar refractivity (Wildman–Crippen MR) is 109 cm³/mol. The zero-order valence-electron chi connectivity index (χ0n) is 15.5. The zero-order chi connectivity index (χ0) is 21.4. The summed E-state index contributed by atoms with van der Waals surface area (Å²) in [7, 11) is -7.23. The van der Waals surface area contributed by atoms with Crippen molar-refractivity contribution in [2.24, 2.45) is 5.10 Å². The maximum atomic E-state index is 12.3. The van der Waals surface area contributed by atoms with E-state index in [2.05, 4.69) is 9.82 Å². The van der Waals surface area contributed by atoms with Crippen molar-refractivity contribution in [1.29, 1.82) is 0 Å². The summed E-state index contributed by atoms with van der Waals surface area (Å²) in [5.41, 5.74) is 1.57. The summed E-state index contributed by atoms with van der Waals surface area (Å²) >= 11 is 0. The predicted octanol–water partition coefficient (Wildman–Crippen LogP) is 2.08. The Kier molecular flexibility index (Phi) is 5.32. The quantitative estimate of drug-likeness (QED) is 0.541. The maximum absolute atomic E-state index is 12.3. The molecule has 12 heteroatoms. The third kappa shape index (κ3) is 4.90. The molecule has 0 radical (unpaired) electrons. The lowest BCUT2D eigenvalue weighted by atomic mass is 9.98. The van der Waals surface area contributed by atoms with E-state index >= 15 is 0 Å². The van der Waals surface area contributed by atoms with E-state index in [1.807, 2.05) is 0 Å². The first-order valence-electron chi connectivity index (χ1n) is 8.33. The molecule has 0 spiro atoms. The minimum absolute atomic E-state index is 0.149. The highest BCUT2D eigenvalue weighted by Crippen LogP contribution is 2.36. The number of anilines is 1. The van der Waals surface area contributed by atoms with E-state index in [1.54, 1.807) is 30.3 Å². The van der Waals surface area contributed by atoms with Crippen LogP contribution in [0.2, 0.25) is 0 Å². The summed E-state index contributed by atoms with van der Waals surface area (Å²) < 4.78 is 50.7. The van der Waals surface area contributed by atoms with Gasteiger partial charge >= 0.3 is 0 Å². The number of nitro benzene ring substituents is 1. The van der Waals surface area contributed by atoms with Gasteiger partial charge in [0, 0.05) is 24.2 Å². The van der Waals surface area contributed by atoms with E-state index in [0.717, 1.165) is 16.9 Å². The van der Waals surface area contributed by atoms with Crippen molar-refractivity contribution in [3.05, 3.63) is 69.8 Å². The molecular formula is C17H18N4O6S2. The highest BCUT2D eigenvalue weighted by Gasteiger charge is 2.35. The second-order valence-corrected chi connectivity index (χ2v) is 10.2. The number of nitrogens with one attached hydrogen (secondary N) is 1. The van der Waals surface area contributed by atoms with Crippen molar-refractivity contribution in [1.82, 2.24) is 4.41 Å². The minimum Gasteiger partial charge on any atom is -0.284 e. The second kappa shape index (κ2) is 7.44. The number of sulfonamides is 2. The van der Waals surface area contributed by atoms with Gasteiger partial charge in [0.05, 0.1) is 29.2 Å². The first kappa shape index (κ1) is 20.7. The third-order valence-electron chi connectivity index (χ3n) is 4.18. The molecule has 1 N–H and O–H groups in total. The van der Waals surface area contributed by atoms with Crippen LogP contribution >= 0.6 is 0 Å². The van der Waals surface area contributed by atoms with Gasteiger partial charge in [-0.3, -0.25) is 14.8 Å². The van der Waals surface area contributed by atoms with Gasteiger partial charge in [-0.15, -0.1) is 0 Å². The van der Waals surface area contributed by atoms with E-state index in [1.165, 1.54) is 18.2 Å². The maximum Gasteiger partial charge on any atom is 0.269 e. The van der Waals surface area contributed by atoms with Crippen LogP contribution in [0.4, 0.5) is 11.4 Å². The van der Waals surface area contributed by atoms with Crippen LogP contribution in [0.15, 0.2) is 53.6 Å². The van der Waals surface area contributed by atoms with Crippen LogP contribution in [0.1, 0.15) is 23.6 Å². The molecule has 0 amide bonds. The van der Waals surface area contributed by atoms with Gasteiger partial charge in [-0.05, 0) is 23.3 Å². The number of nitrogens with zero attached hydrogens (tertiary/aromatic N) is 3. The van der Waals surface area contributed by atoms with Gasteiger partial charge in [-0.2, -0.15) is 9.52 Å². The number of nitro groups is 1. The van der Waals surface area contributed by atoms with Crippen LogP contribution in [0.5, 0.6) is 0 Å². The standard InChI is InChI=1S/C17H18N4O6S2/c1-28(24,25)19-14-7-3-5-12(9-14)16-11-17(20(18-16)29(2,26)27)13-6-4-8-15(10-13)21(22)23/h3-10,17,19H,11H2,1-2H3/t17-/m0/s1. The molecule has 2 aromatic rings. The summed E-state index contributed by atoms with van der Waals surface area (Å²) in [4.78, 5) is 10.5. The van der Waals surface area contributed by atoms with E-state index in [4.69, 9.17) is 0 Å². The molecule has 10 nitrogen and oxygen atoms in total. The van der Waals surface area contributed by atoms with Crippen LogP contribution in [-0.4, -0.2) is 44.4 Å². The third-order valence-corrected chi connectivity index (χ3v) is 5.80. The van der Waals surface area contributed by atoms with Gasteiger partial charge in [-0.25, -0.2) is 16.8 Å². The molecule has 1 heterocycles. The van der Waals surface area contributed by atoms with E-state index in [0.29, 0.717) is 22.5 Å². The van der Waals surface area contributed by atoms with Crippen molar-refractivity contribution in [2.75, 3.05) is 17.2 Å². The van der Waals surface area contributed by atoms with E-state index in [-0.39, 0.29) is 12.1 Å². The molecule has 0 saturated heterocycles. The summed E-state index contributed by atoms with van der Waals surface area (Å²) in [5.74, 6) is 0. The Bertz CT molecular complexity index is 1210. The molecule has 2 aromatic carbocycles. The van der Waals surface area contributed by atoms with Crippen molar-refractivity contribution in [2.45, 2.75) is 12.5 Å². The molecule has 0 aromatic heterocycles. The Morgan fingerprint density at radius 3 is 2.41 bits per heavy atom. The van der Waals surface area contributed by atoms with Gasteiger partial charge in [0.2, 0.25) is 20.0 Å². The molecule has 154 valence electrons. The smallest absolute Gasteiger partial charge is 0.269 e. The summed E-state index contributed by atoms with van der Waals surface area (Å²) in [5, 5.41) is 15.3.